The van der Waals surface area contributed by atoms with Gasteiger partial charge < -0.3 is 11.1 Å². The molecule has 0 atom stereocenters. The van der Waals surface area contributed by atoms with E-state index in [0.29, 0.717) is 17.8 Å². The Kier molecular flexibility index (Phi) is 4.00. The molecule has 0 aliphatic rings. The Balaban J connectivity index is 2.73. The highest BCUT2D eigenvalue weighted by Crippen LogP contribution is 2.11. The van der Waals surface area contributed by atoms with Crippen molar-refractivity contribution in [3.63, 3.8) is 0 Å². The van der Waals surface area contributed by atoms with Gasteiger partial charge in [0.15, 0.2) is 5.78 Å². The Labute approximate surface area is 88.5 Å². The molecule has 0 bridgehead atoms. The van der Waals surface area contributed by atoms with Crippen LogP contribution in [0.2, 0.25) is 0 Å². The maximum atomic E-state index is 11.2. The van der Waals surface area contributed by atoms with Gasteiger partial charge in [0.05, 0.1) is 0 Å². The van der Waals surface area contributed by atoms with Gasteiger partial charge in [-0.2, -0.15) is 0 Å². The second-order valence-electron chi connectivity index (χ2n) is 3.22. The fraction of sp³-hybridized carbons (Fsp3) is 0.273. The van der Waals surface area contributed by atoms with Gasteiger partial charge in [-0.15, -0.1) is 0 Å². The molecule has 3 N–H and O–H groups in total. The largest absolute Gasteiger partial charge is 0.330 e. The van der Waals surface area contributed by atoms with Crippen LogP contribution in [0.1, 0.15) is 23.7 Å². The molecule has 0 aliphatic heterocycles. The maximum absolute atomic E-state index is 11.2. The Hall–Kier alpha value is -1.68. The smallest absolute Gasteiger partial charge is 0.225 e. The number of amides is 1. The van der Waals surface area contributed by atoms with E-state index < -0.39 is 0 Å². The van der Waals surface area contributed by atoms with Gasteiger partial charge in [-0.1, -0.05) is 12.1 Å². The minimum Gasteiger partial charge on any atom is -0.330 e. The van der Waals surface area contributed by atoms with Gasteiger partial charge in [0.2, 0.25) is 5.91 Å². The lowest BCUT2D eigenvalue weighted by Gasteiger charge is -2.05. The summed E-state index contributed by atoms with van der Waals surface area (Å²) in [6, 6.07) is 6.83. The summed E-state index contributed by atoms with van der Waals surface area (Å²) in [5.74, 6) is -0.164. The predicted molar refractivity (Wildman–Crippen MR) is 58.7 cm³/mol. The van der Waals surface area contributed by atoms with Crippen LogP contribution in [0.5, 0.6) is 0 Å². The molecular formula is C11H14N2O2. The van der Waals surface area contributed by atoms with Crippen LogP contribution < -0.4 is 11.1 Å². The van der Waals surface area contributed by atoms with E-state index in [-0.39, 0.29) is 18.1 Å². The monoisotopic (exact) mass is 206 g/mol. The highest BCUT2D eigenvalue weighted by atomic mass is 16.1. The number of hydrogen-bond donors (Lipinski definition) is 2. The van der Waals surface area contributed by atoms with Crippen LogP contribution in [0.4, 0.5) is 5.69 Å². The van der Waals surface area contributed by atoms with E-state index in [4.69, 9.17) is 5.73 Å². The first-order chi connectivity index (χ1) is 7.13. The molecule has 0 aliphatic carbocycles. The number of hydrogen-bond acceptors (Lipinski definition) is 3. The van der Waals surface area contributed by atoms with Gasteiger partial charge in [-0.05, 0) is 19.1 Å². The second kappa shape index (κ2) is 5.26. The number of carbonyl (C=O) groups is 2. The Morgan fingerprint density at radius 2 is 2.13 bits per heavy atom. The summed E-state index contributed by atoms with van der Waals surface area (Å²) in [5.41, 5.74) is 6.46. The van der Waals surface area contributed by atoms with Crippen molar-refractivity contribution in [2.75, 3.05) is 11.9 Å². The van der Waals surface area contributed by atoms with Crippen LogP contribution in [0, 0.1) is 0 Å². The van der Waals surface area contributed by atoms with Crippen molar-refractivity contribution in [1.29, 1.82) is 0 Å². The first-order valence-electron chi connectivity index (χ1n) is 4.74. The topological polar surface area (TPSA) is 72.2 Å². The Morgan fingerprint density at radius 3 is 2.73 bits per heavy atom. The van der Waals surface area contributed by atoms with Crippen molar-refractivity contribution in [3.8, 4) is 0 Å². The summed E-state index contributed by atoms with van der Waals surface area (Å²) in [6.45, 7) is 1.80. The van der Waals surface area contributed by atoms with Gasteiger partial charge >= 0.3 is 0 Å². The third-order valence-corrected chi connectivity index (χ3v) is 1.92. The average Bonchev–Trinajstić information content (AvgIpc) is 2.18. The lowest BCUT2D eigenvalue weighted by Crippen LogP contribution is -2.16. The number of nitrogens with one attached hydrogen (secondary N) is 1. The Morgan fingerprint density at radius 1 is 1.40 bits per heavy atom. The number of carbonyl (C=O) groups excluding carboxylic acids is 2. The normalized spacial score (nSPS) is 9.73. The van der Waals surface area contributed by atoms with Gasteiger partial charge in [0.25, 0.3) is 0 Å². The minimum absolute atomic E-state index is 0.0232. The maximum Gasteiger partial charge on any atom is 0.225 e. The van der Waals surface area contributed by atoms with Crippen LogP contribution in [0.25, 0.3) is 0 Å². The van der Waals surface area contributed by atoms with Gasteiger partial charge in [-0.25, -0.2) is 0 Å². The fourth-order valence-corrected chi connectivity index (χ4v) is 1.17. The van der Waals surface area contributed by atoms with Crippen LogP contribution in [-0.4, -0.2) is 18.2 Å². The average molecular weight is 206 g/mol. The Bertz CT molecular complexity index is 375. The van der Waals surface area contributed by atoms with Crippen LogP contribution in [-0.2, 0) is 4.79 Å². The quantitative estimate of drug-likeness (QED) is 0.726. The van der Waals surface area contributed by atoms with E-state index in [2.05, 4.69) is 5.32 Å². The molecule has 1 amide bonds. The summed E-state index contributed by atoms with van der Waals surface area (Å²) in [4.78, 5) is 22.3. The number of ketones is 1. The third-order valence-electron chi connectivity index (χ3n) is 1.92. The molecule has 80 valence electrons. The summed E-state index contributed by atoms with van der Waals surface area (Å²) < 4.78 is 0. The number of nitrogens with two attached hydrogens (primary N) is 1. The van der Waals surface area contributed by atoms with Crippen molar-refractivity contribution in [2.24, 2.45) is 5.73 Å². The highest BCUT2D eigenvalue weighted by molar-refractivity contribution is 5.97. The van der Waals surface area contributed by atoms with Crippen LogP contribution in [0.15, 0.2) is 24.3 Å². The van der Waals surface area contributed by atoms with Gasteiger partial charge in [0.1, 0.15) is 0 Å². The number of rotatable bonds is 4. The van der Waals surface area contributed by atoms with E-state index in [0.717, 1.165) is 0 Å². The SMILES string of the molecule is CC(=O)c1cccc(NC(=O)CCN)c1. The number of benzene rings is 1. The highest BCUT2D eigenvalue weighted by Gasteiger charge is 2.03. The minimum atomic E-state index is -0.141. The summed E-state index contributed by atoms with van der Waals surface area (Å²) in [7, 11) is 0. The van der Waals surface area contributed by atoms with Crippen molar-refractivity contribution in [1.82, 2.24) is 0 Å². The standard InChI is InChI=1S/C11H14N2O2/c1-8(14)9-3-2-4-10(7-9)13-11(15)5-6-12/h2-4,7H,5-6,12H2,1H3,(H,13,15). The van der Waals surface area contributed by atoms with Crippen LogP contribution >= 0.6 is 0 Å². The summed E-state index contributed by atoms with van der Waals surface area (Å²) in [6.07, 6.45) is 0.282. The van der Waals surface area contributed by atoms with E-state index in [9.17, 15) is 9.59 Å². The molecule has 0 heterocycles. The van der Waals surface area contributed by atoms with Gasteiger partial charge in [0, 0.05) is 24.2 Å². The third kappa shape index (κ3) is 3.52. The van der Waals surface area contributed by atoms with Crippen molar-refractivity contribution in [3.05, 3.63) is 29.8 Å². The molecule has 15 heavy (non-hydrogen) atoms. The molecule has 0 radical (unpaired) electrons. The lowest BCUT2D eigenvalue weighted by atomic mass is 10.1. The molecule has 4 nitrogen and oxygen atoms in total. The second-order valence-corrected chi connectivity index (χ2v) is 3.22. The summed E-state index contributed by atoms with van der Waals surface area (Å²) >= 11 is 0. The lowest BCUT2D eigenvalue weighted by molar-refractivity contribution is -0.116. The molecule has 0 saturated heterocycles. The first-order valence-corrected chi connectivity index (χ1v) is 4.74. The zero-order valence-corrected chi connectivity index (χ0v) is 8.62. The molecule has 4 heteroatoms. The van der Waals surface area contributed by atoms with E-state index in [1.807, 2.05) is 0 Å². The number of anilines is 1. The molecule has 1 aromatic carbocycles. The van der Waals surface area contributed by atoms with Crippen molar-refractivity contribution < 1.29 is 9.59 Å². The molecule has 0 saturated carbocycles. The molecule has 1 aromatic rings. The van der Waals surface area contributed by atoms with Crippen LogP contribution in [0.3, 0.4) is 0 Å². The fourth-order valence-electron chi connectivity index (χ4n) is 1.17. The zero-order valence-electron chi connectivity index (χ0n) is 8.62. The van der Waals surface area contributed by atoms with Gasteiger partial charge in [-0.3, -0.25) is 9.59 Å². The van der Waals surface area contributed by atoms with Crippen molar-refractivity contribution >= 4 is 17.4 Å². The summed E-state index contributed by atoms with van der Waals surface area (Å²) in [5, 5.41) is 2.67. The molecule has 0 aromatic heterocycles. The predicted octanol–water partition coefficient (Wildman–Crippen LogP) is 1.18. The zero-order chi connectivity index (χ0) is 11.3. The van der Waals surface area contributed by atoms with Crippen molar-refractivity contribution in [2.45, 2.75) is 13.3 Å². The number of Topliss-reactive ketones (excluding diaryl/α,β-unsaturated/α-hetero) is 1. The first kappa shape index (κ1) is 11.4. The molecule has 0 unspecified atom stereocenters. The molecular weight excluding hydrogens is 192 g/mol. The van der Waals surface area contributed by atoms with E-state index in [1.165, 1.54) is 6.92 Å². The van der Waals surface area contributed by atoms with E-state index >= 15 is 0 Å². The molecule has 0 spiro atoms. The van der Waals surface area contributed by atoms with E-state index in [1.54, 1.807) is 24.3 Å². The molecule has 1 rings (SSSR count). The molecule has 0 fully saturated rings.